The first-order valence-electron chi connectivity index (χ1n) is 4.28. The Morgan fingerprint density at radius 3 is 3.15 bits per heavy atom. The molecular weight excluding hydrogens is 168 g/mol. The van der Waals surface area contributed by atoms with Crippen LogP contribution in [0.5, 0.6) is 0 Å². The summed E-state index contributed by atoms with van der Waals surface area (Å²) in [5.41, 5.74) is 0.841. The molecule has 2 aromatic rings. The smallest absolute Gasteiger partial charge is 0.246 e. The highest BCUT2D eigenvalue weighted by atomic mass is 16.1. The monoisotopic (exact) mass is 176 g/mol. The minimum absolute atomic E-state index is 0.190. The maximum absolute atomic E-state index is 11.3. The molecule has 0 bridgehead atoms. The average Bonchev–Trinajstić information content (AvgIpc) is 2.92. The first-order valence-corrected chi connectivity index (χ1v) is 4.28. The minimum atomic E-state index is -0.190. The molecule has 1 fully saturated rings. The van der Waals surface area contributed by atoms with Gasteiger partial charge in [0.05, 0.1) is 0 Å². The Labute approximate surface area is 73.4 Å². The molecule has 3 rings (SSSR count). The molecule has 13 heavy (non-hydrogen) atoms. The molecule has 1 N–H and O–H groups in total. The number of aromatic amines is 1. The van der Waals surface area contributed by atoms with Crippen LogP contribution in [-0.2, 0) is 0 Å². The van der Waals surface area contributed by atoms with Gasteiger partial charge in [0.1, 0.15) is 0 Å². The van der Waals surface area contributed by atoms with Crippen molar-refractivity contribution in [2.75, 3.05) is 0 Å². The van der Waals surface area contributed by atoms with Gasteiger partial charge in [0.15, 0.2) is 0 Å². The number of fused-ring (bicyclic) bond motifs is 1. The van der Waals surface area contributed by atoms with Crippen molar-refractivity contribution in [2.24, 2.45) is 0 Å². The highest BCUT2D eigenvalue weighted by Crippen LogP contribution is 2.39. The van der Waals surface area contributed by atoms with Crippen LogP contribution in [-0.4, -0.2) is 19.6 Å². The summed E-state index contributed by atoms with van der Waals surface area (Å²) in [6, 6.07) is 1.89. The van der Waals surface area contributed by atoms with Crippen LogP contribution in [0.2, 0.25) is 0 Å². The Morgan fingerprint density at radius 2 is 2.38 bits per heavy atom. The fraction of sp³-hybridized carbons (Fsp3) is 0.375. The summed E-state index contributed by atoms with van der Waals surface area (Å²) in [5.74, 6) is 0.996. The summed E-state index contributed by atoms with van der Waals surface area (Å²) in [5, 5.41) is 6.20. The normalized spacial score (nSPS) is 16.6. The second kappa shape index (κ2) is 2.18. The molecular formula is C8H8N4O. The molecule has 0 spiro atoms. The van der Waals surface area contributed by atoms with Crippen molar-refractivity contribution in [2.45, 2.75) is 18.8 Å². The van der Waals surface area contributed by atoms with E-state index in [9.17, 15) is 4.79 Å². The van der Waals surface area contributed by atoms with Gasteiger partial charge in [-0.3, -0.25) is 0 Å². The van der Waals surface area contributed by atoms with E-state index in [1.807, 2.05) is 6.07 Å². The third-order valence-corrected chi connectivity index (χ3v) is 2.34. The maximum Gasteiger partial charge on any atom is 0.349 e. The molecule has 66 valence electrons. The van der Waals surface area contributed by atoms with Crippen molar-refractivity contribution in [1.29, 1.82) is 0 Å². The Hall–Kier alpha value is -1.65. The number of nitrogens with zero attached hydrogens (tertiary/aromatic N) is 3. The molecule has 2 heterocycles. The molecule has 0 aromatic carbocycles. The second-order valence-corrected chi connectivity index (χ2v) is 3.31. The molecule has 5 heteroatoms. The summed E-state index contributed by atoms with van der Waals surface area (Å²) >= 11 is 0. The minimum Gasteiger partial charge on any atom is -0.246 e. The van der Waals surface area contributed by atoms with Gasteiger partial charge in [-0.1, -0.05) is 0 Å². The van der Waals surface area contributed by atoms with Crippen molar-refractivity contribution < 1.29 is 0 Å². The first-order chi connectivity index (χ1) is 6.36. The lowest BCUT2D eigenvalue weighted by molar-refractivity contribution is 0.909. The van der Waals surface area contributed by atoms with Crippen molar-refractivity contribution in [1.82, 2.24) is 19.6 Å². The zero-order chi connectivity index (χ0) is 8.84. The van der Waals surface area contributed by atoms with E-state index < -0.39 is 0 Å². The van der Waals surface area contributed by atoms with E-state index in [0.29, 0.717) is 11.7 Å². The summed E-state index contributed by atoms with van der Waals surface area (Å²) in [6.07, 6.45) is 4.02. The van der Waals surface area contributed by atoms with Crippen molar-refractivity contribution in [3.05, 3.63) is 28.4 Å². The van der Waals surface area contributed by atoms with Crippen LogP contribution in [0.15, 0.2) is 17.1 Å². The predicted molar refractivity (Wildman–Crippen MR) is 45.6 cm³/mol. The molecule has 1 aliphatic carbocycles. The summed E-state index contributed by atoms with van der Waals surface area (Å²) in [4.78, 5) is 15.3. The van der Waals surface area contributed by atoms with Crippen molar-refractivity contribution >= 4 is 5.78 Å². The number of aromatic nitrogens is 4. The van der Waals surface area contributed by atoms with E-state index in [0.717, 1.165) is 18.5 Å². The van der Waals surface area contributed by atoms with Gasteiger partial charge in [-0.2, -0.15) is 0 Å². The fourth-order valence-electron chi connectivity index (χ4n) is 1.56. The molecule has 0 unspecified atom stereocenters. The number of hydrogen-bond donors (Lipinski definition) is 1. The third-order valence-electron chi connectivity index (χ3n) is 2.34. The van der Waals surface area contributed by atoms with Gasteiger partial charge >= 0.3 is 5.69 Å². The van der Waals surface area contributed by atoms with Gasteiger partial charge in [0.25, 0.3) is 5.78 Å². The average molecular weight is 176 g/mol. The number of rotatable bonds is 1. The zero-order valence-corrected chi connectivity index (χ0v) is 6.90. The zero-order valence-electron chi connectivity index (χ0n) is 6.90. The lowest BCUT2D eigenvalue weighted by Gasteiger charge is -1.98. The van der Waals surface area contributed by atoms with Crippen molar-refractivity contribution in [3.63, 3.8) is 0 Å². The van der Waals surface area contributed by atoms with Gasteiger partial charge in [0.2, 0.25) is 0 Å². The quantitative estimate of drug-likeness (QED) is 0.679. The molecule has 2 aromatic heterocycles. The standard InChI is InChI=1S/C8H8N4O/c13-8-11-10-7-9-4-3-6(12(7)8)5-1-2-5/h3-5H,1-2H2,(H,11,13). The number of H-pyrrole nitrogens is 1. The molecule has 1 saturated carbocycles. The van der Waals surface area contributed by atoms with E-state index >= 15 is 0 Å². The van der Waals surface area contributed by atoms with Crippen LogP contribution >= 0.6 is 0 Å². The number of nitrogens with one attached hydrogen (secondary N) is 1. The van der Waals surface area contributed by atoms with Crippen LogP contribution in [0.25, 0.3) is 5.78 Å². The maximum atomic E-state index is 11.3. The Kier molecular flexibility index (Phi) is 1.15. The molecule has 0 saturated heterocycles. The van der Waals surface area contributed by atoms with Gasteiger partial charge in [-0.15, -0.1) is 5.10 Å². The predicted octanol–water partition coefficient (Wildman–Crippen LogP) is 0.295. The van der Waals surface area contributed by atoms with E-state index in [-0.39, 0.29) is 5.69 Å². The van der Waals surface area contributed by atoms with Gasteiger partial charge in [-0.05, 0) is 24.8 Å². The highest BCUT2D eigenvalue weighted by Gasteiger charge is 2.26. The van der Waals surface area contributed by atoms with E-state index in [4.69, 9.17) is 0 Å². The number of hydrogen-bond acceptors (Lipinski definition) is 3. The van der Waals surface area contributed by atoms with Crippen LogP contribution in [0.1, 0.15) is 24.5 Å². The van der Waals surface area contributed by atoms with Crippen LogP contribution in [0.4, 0.5) is 0 Å². The first kappa shape index (κ1) is 6.82. The third kappa shape index (κ3) is 0.898. The van der Waals surface area contributed by atoms with Gasteiger partial charge in [-0.25, -0.2) is 19.3 Å². The lowest BCUT2D eigenvalue weighted by Crippen LogP contribution is -2.13. The Balaban J connectivity index is 2.43. The summed E-state index contributed by atoms with van der Waals surface area (Å²) in [6.45, 7) is 0. The molecule has 1 aliphatic rings. The van der Waals surface area contributed by atoms with Crippen LogP contribution in [0, 0.1) is 0 Å². The fourth-order valence-corrected chi connectivity index (χ4v) is 1.56. The Bertz CT molecular complexity index is 508. The second-order valence-electron chi connectivity index (χ2n) is 3.31. The summed E-state index contributed by atoms with van der Waals surface area (Å²) < 4.78 is 1.55. The lowest BCUT2D eigenvalue weighted by atomic mass is 10.3. The van der Waals surface area contributed by atoms with Crippen LogP contribution < -0.4 is 5.69 Å². The largest absolute Gasteiger partial charge is 0.349 e. The van der Waals surface area contributed by atoms with Gasteiger partial charge in [0, 0.05) is 11.9 Å². The Morgan fingerprint density at radius 1 is 1.54 bits per heavy atom. The SMILES string of the molecule is O=c1[nH]nc2nccc(C3CC3)n12. The topological polar surface area (TPSA) is 63.0 Å². The molecule has 0 atom stereocenters. The molecule has 0 aliphatic heterocycles. The van der Waals surface area contributed by atoms with Crippen molar-refractivity contribution in [3.8, 4) is 0 Å². The van der Waals surface area contributed by atoms with E-state index in [1.54, 1.807) is 10.6 Å². The molecule has 0 radical (unpaired) electrons. The summed E-state index contributed by atoms with van der Waals surface area (Å²) in [7, 11) is 0. The highest BCUT2D eigenvalue weighted by molar-refractivity contribution is 5.30. The van der Waals surface area contributed by atoms with E-state index in [1.165, 1.54) is 0 Å². The van der Waals surface area contributed by atoms with Gasteiger partial charge < -0.3 is 0 Å². The molecule has 5 nitrogen and oxygen atoms in total. The van der Waals surface area contributed by atoms with E-state index in [2.05, 4.69) is 15.2 Å². The van der Waals surface area contributed by atoms with Crippen LogP contribution in [0.3, 0.4) is 0 Å². The molecule has 0 amide bonds.